The van der Waals surface area contributed by atoms with Gasteiger partial charge in [0.2, 0.25) is 5.91 Å². The molecule has 5 nitrogen and oxygen atoms in total. The van der Waals surface area contributed by atoms with Gasteiger partial charge >= 0.3 is 5.97 Å². The Labute approximate surface area is 126 Å². The van der Waals surface area contributed by atoms with Gasteiger partial charge in [-0.1, -0.05) is 35.2 Å². The van der Waals surface area contributed by atoms with Crippen molar-refractivity contribution in [2.45, 2.75) is 0 Å². The molecular formula is C13H12Cl2N2O3. The molecule has 0 radical (unpaired) electrons. The molecule has 1 rings (SSSR count). The first-order valence-electron chi connectivity index (χ1n) is 5.55. The molecule has 106 valence electrons. The van der Waals surface area contributed by atoms with Gasteiger partial charge in [-0.15, -0.1) is 6.42 Å². The number of terminal acetylenes is 1. The minimum Gasteiger partial charge on any atom is -0.480 e. The average Bonchev–Trinajstić information content (AvgIpc) is 2.34. The van der Waals surface area contributed by atoms with Crippen LogP contribution in [0.3, 0.4) is 0 Å². The van der Waals surface area contributed by atoms with E-state index >= 15 is 0 Å². The van der Waals surface area contributed by atoms with E-state index in [9.17, 15) is 9.59 Å². The van der Waals surface area contributed by atoms with E-state index in [2.05, 4.69) is 11.2 Å². The van der Waals surface area contributed by atoms with E-state index < -0.39 is 11.9 Å². The lowest BCUT2D eigenvalue weighted by Crippen LogP contribution is -2.37. The number of amides is 1. The Bertz CT molecular complexity index is 555. The second kappa shape index (κ2) is 7.75. The van der Waals surface area contributed by atoms with Gasteiger partial charge < -0.3 is 10.4 Å². The Morgan fingerprint density at radius 3 is 2.65 bits per heavy atom. The van der Waals surface area contributed by atoms with Gasteiger partial charge in [0.05, 0.1) is 35.4 Å². The highest BCUT2D eigenvalue weighted by Crippen LogP contribution is 2.29. The highest BCUT2D eigenvalue weighted by Gasteiger charge is 2.14. The Morgan fingerprint density at radius 2 is 2.05 bits per heavy atom. The second-order valence-electron chi connectivity index (χ2n) is 3.89. The van der Waals surface area contributed by atoms with Gasteiger partial charge in [-0.2, -0.15) is 0 Å². The summed E-state index contributed by atoms with van der Waals surface area (Å²) in [5.74, 6) is 0.812. The first-order valence-corrected chi connectivity index (χ1v) is 6.31. The number of halogens is 2. The number of carboxylic acids is 1. The number of carbonyl (C=O) groups is 2. The van der Waals surface area contributed by atoms with Crippen molar-refractivity contribution in [1.29, 1.82) is 0 Å². The first kappa shape index (κ1) is 16.3. The molecule has 0 bridgehead atoms. The van der Waals surface area contributed by atoms with Gasteiger partial charge in [0.25, 0.3) is 0 Å². The summed E-state index contributed by atoms with van der Waals surface area (Å²) in [4.78, 5) is 23.8. The molecule has 0 fully saturated rings. The van der Waals surface area contributed by atoms with Crippen molar-refractivity contribution in [1.82, 2.24) is 4.90 Å². The number of carboxylic acid groups (broad SMARTS) is 1. The van der Waals surface area contributed by atoms with Crippen LogP contribution in [0.4, 0.5) is 5.69 Å². The second-order valence-corrected chi connectivity index (χ2v) is 4.68. The smallest absolute Gasteiger partial charge is 0.317 e. The van der Waals surface area contributed by atoms with Crippen LogP contribution in [0.2, 0.25) is 10.0 Å². The number of rotatable bonds is 6. The molecule has 20 heavy (non-hydrogen) atoms. The fraction of sp³-hybridized carbons (Fsp3) is 0.231. The lowest BCUT2D eigenvalue weighted by molar-refractivity contribution is -0.138. The maximum atomic E-state index is 11.8. The minimum atomic E-state index is -1.06. The molecule has 0 heterocycles. The lowest BCUT2D eigenvalue weighted by Gasteiger charge is -2.17. The van der Waals surface area contributed by atoms with Crippen LogP contribution in [-0.2, 0) is 9.59 Å². The third-order valence-corrected chi connectivity index (χ3v) is 3.09. The van der Waals surface area contributed by atoms with E-state index in [1.54, 1.807) is 18.2 Å². The number of hydrogen-bond donors (Lipinski definition) is 2. The molecule has 0 saturated carbocycles. The third-order valence-electron chi connectivity index (χ3n) is 2.27. The zero-order valence-electron chi connectivity index (χ0n) is 10.4. The third kappa shape index (κ3) is 5.10. The summed E-state index contributed by atoms with van der Waals surface area (Å²) < 4.78 is 0. The van der Waals surface area contributed by atoms with Gasteiger partial charge in [0, 0.05) is 0 Å². The molecule has 0 aliphatic heterocycles. The van der Waals surface area contributed by atoms with Crippen molar-refractivity contribution in [2.75, 3.05) is 25.0 Å². The predicted molar refractivity (Wildman–Crippen MR) is 78.0 cm³/mol. The number of hydrogen-bond acceptors (Lipinski definition) is 3. The van der Waals surface area contributed by atoms with E-state index in [1.165, 1.54) is 4.90 Å². The molecule has 0 aromatic heterocycles. The summed E-state index contributed by atoms with van der Waals surface area (Å²) in [6, 6.07) is 4.82. The highest BCUT2D eigenvalue weighted by molar-refractivity contribution is 6.43. The SMILES string of the molecule is C#CCN(CC(=O)O)CC(=O)Nc1cccc(Cl)c1Cl. The van der Waals surface area contributed by atoms with Crippen molar-refractivity contribution >= 4 is 40.8 Å². The van der Waals surface area contributed by atoms with E-state index in [1.807, 2.05) is 0 Å². The summed E-state index contributed by atoms with van der Waals surface area (Å²) in [5, 5.41) is 11.8. The van der Waals surface area contributed by atoms with Gasteiger partial charge in [-0.25, -0.2) is 0 Å². The van der Waals surface area contributed by atoms with Crippen molar-refractivity contribution in [3.05, 3.63) is 28.2 Å². The molecule has 2 N–H and O–H groups in total. The van der Waals surface area contributed by atoms with Crippen LogP contribution in [0.15, 0.2) is 18.2 Å². The van der Waals surface area contributed by atoms with Crippen LogP contribution < -0.4 is 5.32 Å². The van der Waals surface area contributed by atoms with Gasteiger partial charge in [-0.3, -0.25) is 14.5 Å². The molecule has 1 amide bonds. The highest BCUT2D eigenvalue weighted by atomic mass is 35.5. The van der Waals surface area contributed by atoms with E-state index in [-0.39, 0.29) is 24.7 Å². The van der Waals surface area contributed by atoms with Gasteiger partial charge in [0.1, 0.15) is 0 Å². The molecule has 1 aromatic carbocycles. The molecule has 0 unspecified atom stereocenters. The molecule has 0 saturated heterocycles. The fourth-order valence-corrected chi connectivity index (χ4v) is 1.83. The zero-order valence-corrected chi connectivity index (χ0v) is 11.9. The number of anilines is 1. The maximum Gasteiger partial charge on any atom is 0.317 e. The molecular weight excluding hydrogens is 303 g/mol. The molecule has 0 aliphatic rings. The largest absolute Gasteiger partial charge is 0.480 e. The topological polar surface area (TPSA) is 69.6 Å². The molecule has 1 aromatic rings. The Balaban J connectivity index is 2.68. The number of nitrogens with one attached hydrogen (secondary N) is 1. The van der Waals surface area contributed by atoms with Crippen LogP contribution in [-0.4, -0.2) is 41.5 Å². The Morgan fingerprint density at radius 1 is 1.35 bits per heavy atom. The number of aliphatic carboxylic acids is 1. The molecule has 0 spiro atoms. The van der Waals surface area contributed by atoms with Crippen molar-refractivity contribution in [3.63, 3.8) is 0 Å². The maximum absolute atomic E-state index is 11.8. The summed E-state index contributed by atoms with van der Waals surface area (Å²) >= 11 is 11.8. The summed E-state index contributed by atoms with van der Waals surface area (Å²) in [6.45, 7) is -0.413. The molecule has 0 atom stereocenters. The normalized spacial score (nSPS) is 10.1. The van der Waals surface area contributed by atoms with Crippen molar-refractivity contribution < 1.29 is 14.7 Å². The Hall–Kier alpha value is -1.74. The lowest BCUT2D eigenvalue weighted by atomic mass is 10.3. The summed E-state index contributed by atoms with van der Waals surface area (Å²) in [5.41, 5.74) is 0.361. The Kier molecular flexibility index (Phi) is 6.32. The standard InChI is InChI=1S/C13H12Cl2N2O3/c1-2-6-17(8-12(19)20)7-11(18)16-10-5-3-4-9(14)13(10)15/h1,3-5H,6-8H2,(H,16,18)(H,19,20). The number of benzene rings is 1. The minimum absolute atomic E-state index is 0.0585. The zero-order chi connectivity index (χ0) is 15.1. The van der Waals surface area contributed by atoms with Gasteiger partial charge in [0.15, 0.2) is 0 Å². The van der Waals surface area contributed by atoms with Crippen LogP contribution in [0.5, 0.6) is 0 Å². The summed E-state index contributed by atoms with van der Waals surface area (Å²) in [7, 11) is 0. The van der Waals surface area contributed by atoms with Gasteiger partial charge in [-0.05, 0) is 12.1 Å². The van der Waals surface area contributed by atoms with E-state index in [0.29, 0.717) is 10.7 Å². The van der Waals surface area contributed by atoms with Crippen LogP contribution >= 0.6 is 23.2 Å². The summed E-state index contributed by atoms with van der Waals surface area (Å²) in [6.07, 6.45) is 5.12. The predicted octanol–water partition coefficient (Wildman–Crippen LogP) is 1.95. The molecule has 7 heteroatoms. The number of nitrogens with zero attached hydrogens (tertiary/aromatic N) is 1. The monoisotopic (exact) mass is 314 g/mol. The molecule has 0 aliphatic carbocycles. The van der Waals surface area contributed by atoms with Crippen molar-refractivity contribution in [3.8, 4) is 12.3 Å². The quantitative estimate of drug-likeness (QED) is 0.787. The van der Waals surface area contributed by atoms with Crippen LogP contribution in [0, 0.1) is 12.3 Å². The first-order chi connectivity index (χ1) is 9.43. The van der Waals surface area contributed by atoms with Crippen molar-refractivity contribution in [2.24, 2.45) is 0 Å². The van der Waals surface area contributed by atoms with Crippen LogP contribution in [0.25, 0.3) is 0 Å². The van der Waals surface area contributed by atoms with Crippen LogP contribution in [0.1, 0.15) is 0 Å². The average molecular weight is 315 g/mol. The van der Waals surface area contributed by atoms with E-state index in [0.717, 1.165) is 0 Å². The van der Waals surface area contributed by atoms with E-state index in [4.69, 9.17) is 34.7 Å². The number of carbonyl (C=O) groups excluding carboxylic acids is 1. The fourth-order valence-electron chi connectivity index (χ4n) is 1.48.